The predicted molar refractivity (Wildman–Crippen MR) is 292 cm³/mol. The number of rotatable bonds is 25. The minimum Gasteiger partial charge on any atom is -0.466 e. The van der Waals surface area contributed by atoms with E-state index in [-0.39, 0.29) is 46.1 Å². The molecule has 0 spiro atoms. The third-order valence-corrected chi connectivity index (χ3v) is 14.4. The highest BCUT2D eigenvalue weighted by Crippen LogP contribution is 2.46. The molecule has 17 heteroatoms. The Morgan fingerprint density at radius 1 is 0.608 bits per heavy atom. The van der Waals surface area contributed by atoms with Gasteiger partial charge in [-0.1, -0.05) is 182 Å². The second-order valence-electron chi connectivity index (χ2n) is 19.1. The molecule has 1 amide bonds. The predicted octanol–water partition coefficient (Wildman–Crippen LogP) is 9.70. The minimum absolute atomic E-state index is 0.0760. The molecule has 0 aromatic heterocycles. The van der Waals surface area contributed by atoms with Gasteiger partial charge in [-0.3, -0.25) is 9.59 Å². The van der Waals surface area contributed by atoms with Crippen LogP contribution in [0.1, 0.15) is 55.0 Å². The van der Waals surface area contributed by atoms with Crippen molar-refractivity contribution in [1.29, 1.82) is 0 Å². The number of methoxy groups -OCH3 is 1. The van der Waals surface area contributed by atoms with Crippen molar-refractivity contribution >= 4 is 35.8 Å². The van der Waals surface area contributed by atoms with Gasteiger partial charge in [0.15, 0.2) is 12.4 Å². The number of hydrogen-bond donors (Lipinski definition) is 1. The molecule has 11 atom stereocenters. The van der Waals surface area contributed by atoms with Gasteiger partial charge in [-0.25, -0.2) is 9.59 Å². The van der Waals surface area contributed by atoms with Crippen LogP contribution in [-0.2, 0) is 99.5 Å². The van der Waals surface area contributed by atoms with Crippen molar-refractivity contribution in [3.63, 3.8) is 0 Å². The summed E-state index contributed by atoms with van der Waals surface area (Å²) >= 11 is 0.999. The van der Waals surface area contributed by atoms with Crippen LogP contribution in [0, 0.1) is 0 Å². The molecule has 416 valence electrons. The average Bonchev–Trinajstić information content (AvgIpc) is 3.46. The smallest absolute Gasteiger partial charge is 0.407 e. The van der Waals surface area contributed by atoms with E-state index in [0.717, 1.165) is 34.0 Å². The maximum Gasteiger partial charge on any atom is 0.407 e. The van der Waals surface area contributed by atoms with Crippen LogP contribution in [0.15, 0.2) is 187 Å². The lowest BCUT2D eigenvalue weighted by Crippen LogP contribution is -2.68. The average molecular weight is 1100 g/mol. The second-order valence-corrected chi connectivity index (χ2v) is 20.4. The molecule has 0 aliphatic carbocycles. The van der Waals surface area contributed by atoms with Gasteiger partial charge in [0, 0.05) is 25.2 Å². The molecule has 79 heavy (non-hydrogen) atoms. The molecule has 1 N–H and O–H groups in total. The molecule has 2 aliphatic heterocycles. The molecular weight excluding hydrogens is 1030 g/mol. The number of nitrogens with one attached hydrogen (secondary N) is 1. The lowest BCUT2D eigenvalue weighted by atomic mass is 9.89. The van der Waals surface area contributed by atoms with Gasteiger partial charge in [-0.05, 0) is 46.9 Å². The standard InChI is InChI=1S/C62H67NO15S/c1-42-54(70-37-46-25-13-6-14-26-46)57(71-38-47-27-15-7-16-28-47)58(72-39-48-29-17-8-18-30-48)59(74-42)77-52(41-69-36-45-23-11-5-12-24-45)55(76-44(3)65)56-53(63-61(67)73-40-49-31-19-9-20-32-49)51(75-43(2)64)35-62(78-56,60(66)68-4)79-50-33-21-10-22-34-50/h5-34,42,51-59H,35-41H2,1-4H3,(H,63,67)/t42-,51-,52+,53+,54+,55+,56+,57+,58-,59-,62-/m0/s1. The van der Waals surface area contributed by atoms with Gasteiger partial charge in [0.1, 0.15) is 43.2 Å². The molecule has 2 saturated heterocycles. The van der Waals surface area contributed by atoms with Crippen LogP contribution in [0.4, 0.5) is 4.79 Å². The van der Waals surface area contributed by atoms with E-state index < -0.39 is 90.1 Å². The highest BCUT2D eigenvalue weighted by atomic mass is 32.2. The van der Waals surface area contributed by atoms with Crippen LogP contribution >= 0.6 is 11.8 Å². The lowest BCUT2D eigenvalue weighted by molar-refractivity contribution is -0.339. The Kier molecular flexibility index (Phi) is 21.6. The van der Waals surface area contributed by atoms with Crippen molar-refractivity contribution in [2.45, 2.75) is 131 Å². The van der Waals surface area contributed by atoms with E-state index in [9.17, 15) is 19.2 Å². The van der Waals surface area contributed by atoms with Crippen LogP contribution in [0.5, 0.6) is 0 Å². The fraction of sp³-hybridized carbons (Fsp3) is 0.355. The number of ether oxygens (including phenoxy) is 11. The van der Waals surface area contributed by atoms with E-state index in [1.807, 2.05) is 153 Å². The zero-order valence-electron chi connectivity index (χ0n) is 44.6. The number of carbonyl (C=O) groups is 4. The monoisotopic (exact) mass is 1100 g/mol. The first-order valence-electron chi connectivity index (χ1n) is 26.2. The Labute approximate surface area is 465 Å². The van der Waals surface area contributed by atoms with Gasteiger partial charge < -0.3 is 57.4 Å². The Morgan fingerprint density at radius 2 is 1.08 bits per heavy atom. The van der Waals surface area contributed by atoms with Crippen molar-refractivity contribution in [2.75, 3.05) is 13.7 Å². The van der Waals surface area contributed by atoms with Gasteiger partial charge in [0.05, 0.1) is 52.3 Å². The van der Waals surface area contributed by atoms with Gasteiger partial charge >= 0.3 is 24.0 Å². The van der Waals surface area contributed by atoms with Crippen molar-refractivity contribution < 1.29 is 71.3 Å². The molecule has 2 aliphatic rings. The summed E-state index contributed by atoms with van der Waals surface area (Å²) in [4.78, 5) is 54.3. The van der Waals surface area contributed by atoms with Crippen molar-refractivity contribution in [3.05, 3.63) is 210 Å². The molecule has 0 radical (unpaired) electrons. The third-order valence-electron chi connectivity index (χ3n) is 13.2. The molecule has 6 aromatic carbocycles. The Morgan fingerprint density at radius 3 is 1.57 bits per heavy atom. The first kappa shape index (κ1) is 58.2. The highest BCUT2D eigenvalue weighted by molar-refractivity contribution is 8.01. The Bertz CT molecular complexity index is 2800. The van der Waals surface area contributed by atoms with Gasteiger partial charge in [0.2, 0.25) is 4.93 Å². The maximum absolute atomic E-state index is 14.5. The SMILES string of the molecule is COC(=O)[C@@]1(Sc2ccccc2)C[C@H](OC(C)=O)[C@@H](NC(=O)OCc2ccccc2)[C@H]([C@H](OC(C)=O)[C@@H](COCc2ccccc2)O[C@@H]2O[C@@H](C)[C@@H](OCc3ccccc3)[C@@H](OCc3ccccc3)[C@@H]2OCc2ccccc2)O1. The summed E-state index contributed by atoms with van der Waals surface area (Å²) in [5.41, 5.74) is 4.18. The highest BCUT2D eigenvalue weighted by Gasteiger charge is 2.59. The van der Waals surface area contributed by atoms with Crippen LogP contribution in [-0.4, -0.2) is 104 Å². The van der Waals surface area contributed by atoms with E-state index in [1.165, 1.54) is 21.0 Å². The molecular formula is C62H67NO15S. The summed E-state index contributed by atoms with van der Waals surface area (Å²) in [5, 5.41) is 2.87. The number of hydrogen-bond acceptors (Lipinski definition) is 16. The van der Waals surface area contributed by atoms with Crippen molar-refractivity contribution in [1.82, 2.24) is 5.32 Å². The summed E-state index contributed by atoms with van der Waals surface area (Å²) in [6.07, 6.45) is -11.9. The quantitative estimate of drug-likeness (QED) is 0.0422. The number of carbonyl (C=O) groups excluding carboxylic acids is 4. The van der Waals surface area contributed by atoms with Gasteiger partial charge in [0.25, 0.3) is 0 Å². The number of esters is 3. The molecule has 0 saturated carbocycles. The molecule has 0 unspecified atom stereocenters. The van der Waals surface area contributed by atoms with Crippen LogP contribution < -0.4 is 5.32 Å². The zero-order valence-corrected chi connectivity index (χ0v) is 45.4. The lowest BCUT2D eigenvalue weighted by Gasteiger charge is -2.50. The summed E-state index contributed by atoms with van der Waals surface area (Å²) in [7, 11) is 1.21. The third kappa shape index (κ3) is 16.8. The molecule has 0 bridgehead atoms. The molecule has 2 heterocycles. The molecule has 8 rings (SSSR count). The van der Waals surface area contributed by atoms with Gasteiger partial charge in [-0.2, -0.15) is 0 Å². The van der Waals surface area contributed by atoms with E-state index in [0.29, 0.717) is 10.5 Å². The summed E-state index contributed by atoms with van der Waals surface area (Å²) in [5.74, 6) is -2.39. The van der Waals surface area contributed by atoms with Crippen molar-refractivity contribution in [3.8, 4) is 0 Å². The largest absolute Gasteiger partial charge is 0.466 e. The van der Waals surface area contributed by atoms with Crippen LogP contribution in [0.25, 0.3) is 0 Å². The van der Waals surface area contributed by atoms with E-state index in [1.54, 1.807) is 36.4 Å². The first-order chi connectivity index (χ1) is 38.5. The minimum atomic E-state index is -2.00. The number of benzene rings is 6. The topological polar surface area (TPSA) is 182 Å². The first-order valence-corrected chi connectivity index (χ1v) is 27.0. The summed E-state index contributed by atoms with van der Waals surface area (Å²) in [6.45, 7) is 4.38. The molecule has 16 nitrogen and oxygen atoms in total. The molecule has 2 fully saturated rings. The van der Waals surface area contributed by atoms with Gasteiger partial charge in [-0.15, -0.1) is 0 Å². The fourth-order valence-electron chi connectivity index (χ4n) is 9.47. The number of thioether (sulfide) groups is 1. The normalized spacial score (nSPS) is 23.5. The van der Waals surface area contributed by atoms with Crippen molar-refractivity contribution in [2.24, 2.45) is 0 Å². The van der Waals surface area contributed by atoms with Crippen LogP contribution in [0.3, 0.4) is 0 Å². The number of amides is 1. The Balaban J connectivity index is 1.24. The van der Waals surface area contributed by atoms with Crippen LogP contribution in [0.2, 0.25) is 0 Å². The fourth-order valence-corrected chi connectivity index (χ4v) is 10.7. The molecule has 6 aromatic rings. The van der Waals surface area contributed by atoms with E-state index >= 15 is 0 Å². The second kappa shape index (κ2) is 29.3. The van der Waals surface area contributed by atoms with E-state index in [2.05, 4.69) is 5.32 Å². The Hall–Kier alpha value is -6.93. The maximum atomic E-state index is 14.5. The summed E-state index contributed by atoms with van der Waals surface area (Å²) in [6, 6.07) is 55.0. The van der Waals surface area contributed by atoms with E-state index in [4.69, 9.17) is 52.1 Å². The zero-order chi connectivity index (χ0) is 55.4. The number of alkyl carbamates (subject to hydrolysis) is 1. The summed E-state index contributed by atoms with van der Waals surface area (Å²) < 4.78 is 71.9.